The second-order valence-electron chi connectivity index (χ2n) is 8.70. The molecule has 0 aliphatic heterocycles. The van der Waals surface area contributed by atoms with E-state index in [0.717, 1.165) is 18.2 Å². The van der Waals surface area contributed by atoms with Crippen LogP contribution in [0, 0.1) is 0 Å². The number of aromatic nitrogens is 6. The zero-order chi connectivity index (χ0) is 30.1. The molecule has 5 rings (SSSR count). The van der Waals surface area contributed by atoms with E-state index in [0.29, 0.717) is 16.6 Å². The highest BCUT2D eigenvalue weighted by Gasteiger charge is 2.32. The lowest BCUT2D eigenvalue weighted by Gasteiger charge is -2.10. The van der Waals surface area contributed by atoms with Crippen LogP contribution in [0.1, 0.15) is 15.9 Å². The fraction of sp³-hybridized carbons (Fsp3) is 0.160. The molecule has 0 saturated heterocycles. The van der Waals surface area contributed by atoms with Crippen LogP contribution in [0.15, 0.2) is 71.7 Å². The minimum absolute atomic E-state index is 0.0523. The van der Waals surface area contributed by atoms with Crippen LogP contribution < -0.4 is 20.4 Å². The van der Waals surface area contributed by atoms with Crippen molar-refractivity contribution in [1.29, 1.82) is 0 Å². The van der Waals surface area contributed by atoms with E-state index in [4.69, 9.17) is 0 Å². The minimum atomic E-state index is -4.92. The number of fused-ring (bicyclic) bond motifs is 1. The largest absolute Gasteiger partial charge is 0.573 e. The predicted octanol–water partition coefficient (Wildman–Crippen LogP) is 4.82. The van der Waals surface area contributed by atoms with Gasteiger partial charge in [-0.2, -0.15) is 0 Å². The Balaban J connectivity index is 1.53. The van der Waals surface area contributed by atoms with E-state index in [1.54, 1.807) is 28.3 Å². The van der Waals surface area contributed by atoms with Crippen molar-refractivity contribution in [1.82, 2.24) is 29.8 Å². The highest BCUT2D eigenvalue weighted by molar-refractivity contribution is 6.03. The van der Waals surface area contributed by atoms with E-state index in [1.165, 1.54) is 36.4 Å². The lowest BCUT2D eigenvalue weighted by Crippen LogP contribution is -2.24. The van der Waals surface area contributed by atoms with E-state index in [1.807, 2.05) is 0 Å². The van der Waals surface area contributed by atoms with Crippen molar-refractivity contribution < 1.29 is 40.6 Å². The number of halogens is 6. The highest BCUT2D eigenvalue weighted by Crippen LogP contribution is 2.28. The Hall–Kier alpha value is -5.35. The van der Waals surface area contributed by atoms with Crippen LogP contribution in [-0.4, -0.2) is 48.4 Å². The van der Waals surface area contributed by atoms with Crippen LogP contribution in [0.25, 0.3) is 11.0 Å². The Kier molecular flexibility index (Phi) is 7.32. The SMILES string of the molecule is Cn1/c(=N\c2ccc(OC(F)(F)F)cc2)n(Cc2ccc(C(=O)Nc3nnn[nH]3)cc2)c2cc(OC(F)(F)F)ccc21. The number of nitrogens with one attached hydrogen (secondary N) is 2. The first-order valence-corrected chi connectivity index (χ1v) is 11.8. The van der Waals surface area contributed by atoms with Gasteiger partial charge in [-0.1, -0.05) is 17.2 Å². The molecule has 0 unspecified atom stereocenters. The smallest absolute Gasteiger partial charge is 0.406 e. The first-order chi connectivity index (χ1) is 19.8. The number of H-pyrrole nitrogens is 1. The molecule has 0 bridgehead atoms. The van der Waals surface area contributed by atoms with Gasteiger partial charge in [0.2, 0.25) is 11.6 Å². The number of carbonyl (C=O) groups is 1. The number of alkyl halides is 6. The molecule has 0 spiro atoms. The van der Waals surface area contributed by atoms with Crippen molar-refractivity contribution in [3.63, 3.8) is 0 Å². The summed E-state index contributed by atoms with van der Waals surface area (Å²) in [5.74, 6) is -1.33. The zero-order valence-corrected chi connectivity index (χ0v) is 21.2. The second-order valence-corrected chi connectivity index (χ2v) is 8.70. The van der Waals surface area contributed by atoms with Crippen LogP contribution in [-0.2, 0) is 13.6 Å². The molecule has 1 amide bonds. The summed E-state index contributed by atoms with van der Waals surface area (Å²) in [4.78, 5) is 17.0. The first kappa shape index (κ1) is 28.2. The number of imidazole rings is 1. The van der Waals surface area contributed by atoms with Crippen molar-refractivity contribution in [2.75, 3.05) is 5.32 Å². The monoisotopic (exact) mass is 592 g/mol. The third-order valence-electron chi connectivity index (χ3n) is 5.81. The number of amides is 1. The Morgan fingerprint density at radius 1 is 0.905 bits per heavy atom. The van der Waals surface area contributed by atoms with Gasteiger partial charge in [0.15, 0.2) is 0 Å². The lowest BCUT2D eigenvalue weighted by molar-refractivity contribution is -0.275. The number of hydrogen-bond acceptors (Lipinski definition) is 7. The molecule has 5 aromatic rings. The van der Waals surface area contributed by atoms with E-state index >= 15 is 0 Å². The van der Waals surface area contributed by atoms with Crippen molar-refractivity contribution in [3.05, 3.63) is 83.5 Å². The number of nitrogens with zero attached hydrogens (tertiary/aromatic N) is 6. The fourth-order valence-electron chi connectivity index (χ4n) is 4.06. The number of anilines is 1. The number of benzene rings is 3. The molecule has 3 aromatic carbocycles. The van der Waals surface area contributed by atoms with Crippen molar-refractivity contribution >= 4 is 28.6 Å². The average molecular weight is 592 g/mol. The molecule has 17 heteroatoms. The third-order valence-corrected chi connectivity index (χ3v) is 5.81. The maximum absolute atomic E-state index is 12.9. The van der Waals surface area contributed by atoms with Gasteiger partial charge in [-0.3, -0.25) is 10.1 Å². The summed E-state index contributed by atoms with van der Waals surface area (Å²) < 4.78 is 87.7. The second kappa shape index (κ2) is 10.9. The number of tetrazole rings is 1. The van der Waals surface area contributed by atoms with Crippen LogP contribution >= 0.6 is 0 Å². The molecule has 42 heavy (non-hydrogen) atoms. The summed E-state index contributed by atoms with van der Waals surface area (Å²) in [6.45, 7) is 0.0921. The minimum Gasteiger partial charge on any atom is -0.406 e. The Labute approximate surface area is 231 Å². The molecule has 0 atom stereocenters. The molecular weight excluding hydrogens is 574 g/mol. The summed E-state index contributed by atoms with van der Waals surface area (Å²) in [6, 6.07) is 14.9. The molecule has 2 heterocycles. The number of hydrogen-bond donors (Lipinski definition) is 2. The van der Waals surface area contributed by atoms with Crippen LogP contribution in [0.2, 0.25) is 0 Å². The van der Waals surface area contributed by atoms with E-state index in [2.05, 4.69) is 40.4 Å². The normalized spacial score (nSPS) is 12.5. The van der Waals surface area contributed by atoms with Crippen molar-refractivity contribution in [2.24, 2.45) is 12.0 Å². The summed E-state index contributed by atoms with van der Waals surface area (Å²) in [5, 5.41) is 15.2. The molecule has 0 aliphatic carbocycles. The topological polar surface area (TPSA) is 124 Å². The van der Waals surface area contributed by atoms with Gasteiger partial charge in [0.05, 0.1) is 23.3 Å². The van der Waals surface area contributed by atoms with Crippen molar-refractivity contribution in [2.45, 2.75) is 19.3 Å². The van der Waals surface area contributed by atoms with Gasteiger partial charge in [-0.15, -0.1) is 26.3 Å². The number of aromatic amines is 1. The standard InChI is InChI=1S/C25H18F6N8O3/c1-38-19-11-10-18(42-25(29,30)31)12-20(19)39(23(38)32-16-6-8-17(9-7-16)41-24(26,27)28)13-14-2-4-15(5-3-14)21(40)33-22-34-36-37-35-22/h2-12H,13H2,1H3,(H2,33,34,35,36,37,40)/b32-23+. The molecule has 2 aromatic heterocycles. The van der Waals surface area contributed by atoms with Gasteiger partial charge in [0.1, 0.15) is 11.5 Å². The van der Waals surface area contributed by atoms with Crippen molar-refractivity contribution in [3.8, 4) is 11.5 Å². The summed E-state index contributed by atoms with van der Waals surface area (Å²) in [5.41, 5.74) is 2.28. The van der Waals surface area contributed by atoms with E-state index in [-0.39, 0.29) is 29.4 Å². The van der Waals surface area contributed by atoms with Gasteiger partial charge >= 0.3 is 12.7 Å². The van der Waals surface area contributed by atoms with Crippen LogP contribution in [0.4, 0.5) is 38.0 Å². The molecule has 0 saturated carbocycles. The number of ether oxygens (including phenoxy) is 2. The average Bonchev–Trinajstić information content (AvgIpc) is 3.51. The van der Waals surface area contributed by atoms with Crippen LogP contribution in [0.5, 0.6) is 11.5 Å². The van der Waals surface area contributed by atoms with E-state index in [9.17, 15) is 31.1 Å². The summed E-state index contributed by atoms with van der Waals surface area (Å²) in [7, 11) is 1.63. The number of rotatable bonds is 7. The van der Waals surface area contributed by atoms with Gasteiger partial charge in [0, 0.05) is 18.7 Å². The highest BCUT2D eigenvalue weighted by atomic mass is 19.4. The molecule has 0 fully saturated rings. The number of carbonyl (C=O) groups excluding carboxylic acids is 1. The fourth-order valence-corrected chi connectivity index (χ4v) is 4.06. The van der Waals surface area contributed by atoms with Crippen LogP contribution in [0.3, 0.4) is 0 Å². The molecule has 218 valence electrons. The summed E-state index contributed by atoms with van der Waals surface area (Å²) in [6.07, 6.45) is -9.78. The lowest BCUT2D eigenvalue weighted by atomic mass is 10.1. The third kappa shape index (κ3) is 6.68. The molecule has 11 nitrogen and oxygen atoms in total. The molecule has 0 aliphatic rings. The zero-order valence-electron chi connectivity index (χ0n) is 21.2. The quantitative estimate of drug-likeness (QED) is 0.261. The maximum Gasteiger partial charge on any atom is 0.573 e. The van der Waals surface area contributed by atoms with E-state index < -0.39 is 30.1 Å². The molecular formula is C25H18F6N8O3. The van der Waals surface area contributed by atoms with Gasteiger partial charge < -0.3 is 18.6 Å². The Morgan fingerprint density at radius 2 is 1.55 bits per heavy atom. The maximum atomic E-state index is 12.9. The molecule has 0 radical (unpaired) electrons. The summed E-state index contributed by atoms with van der Waals surface area (Å²) >= 11 is 0. The molecule has 2 N–H and O–H groups in total. The predicted molar refractivity (Wildman–Crippen MR) is 134 cm³/mol. The van der Waals surface area contributed by atoms with Gasteiger partial charge in [-0.05, 0) is 64.5 Å². The van der Waals surface area contributed by atoms with Gasteiger partial charge in [0.25, 0.3) is 5.91 Å². The van der Waals surface area contributed by atoms with Gasteiger partial charge in [-0.25, -0.2) is 10.1 Å². The Bertz CT molecular complexity index is 1780. The number of aryl methyl sites for hydroxylation is 1. The Morgan fingerprint density at radius 3 is 2.17 bits per heavy atom. The first-order valence-electron chi connectivity index (χ1n) is 11.8.